The third-order valence-electron chi connectivity index (χ3n) is 1.95. The number of aromatic nitrogens is 1. The summed E-state index contributed by atoms with van der Waals surface area (Å²) in [5.74, 6) is 0. The van der Waals surface area contributed by atoms with E-state index in [2.05, 4.69) is 4.98 Å². The first-order valence-corrected chi connectivity index (χ1v) is 4.11. The van der Waals surface area contributed by atoms with Crippen molar-refractivity contribution in [3.63, 3.8) is 0 Å². The van der Waals surface area contributed by atoms with Gasteiger partial charge in [-0.15, -0.1) is 0 Å². The first-order valence-electron chi connectivity index (χ1n) is 4.11. The molecule has 0 aromatic carbocycles. The van der Waals surface area contributed by atoms with E-state index in [1.807, 2.05) is 0 Å². The van der Waals surface area contributed by atoms with Crippen molar-refractivity contribution >= 4 is 5.69 Å². The van der Waals surface area contributed by atoms with Gasteiger partial charge in [0.2, 0.25) is 0 Å². The van der Waals surface area contributed by atoms with Gasteiger partial charge in [-0.1, -0.05) is 0 Å². The van der Waals surface area contributed by atoms with Crippen molar-refractivity contribution in [1.29, 1.82) is 0 Å². The Balaban J connectivity index is 3.44. The molecule has 1 heterocycles. The number of anilines is 1. The van der Waals surface area contributed by atoms with Gasteiger partial charge in [0.15, 0.2) is 5.69 Å². The molecule has 90 valence electrons. The van der Waals surface area contributed by atoms with Crippen molar-refractivity contribution in [2.75, 3.05) is 5.73 Å². The van der Waals surface area contributed by atoms with Crippen LogP contribution in [0.4, 0.5) is 27.6 Å². The zero-order valence-electron chi connectivity index (χ0n) is 7.85. The molecule has 0 atom stereocenters. The highest BCUT2D eigenvalue weighted by atomic mass is 19.4. The van der Waals surface area contributed by atoms with Crippen LogP contribution in [0.15, 0.2) is 6.20 Å². The first kappa shape index (κ1) is 12.6. The highest BCUT2D eigenvalue weighted by molar-refractivity contribution is 5.55. The summed E-state index contributed by atoms with van der Waals surface area (Å²) in [4.78, 5) is 3.00. The first-order chi connectivity index (χ1) is 7.29. The maximum absolute atomic E-state index is 12.5. The van der Waals surface area contributed by atoms with Crippen molar-refractivity contribution in [3.8, 4) is 0 Å². The molecule has 0 fully saturated rings. The maximum atomic E-state index is 12.5. The van der Waals surface area contributed by atoms with Gasteiger partial charge in [-0.05, 0) is 5.56 Å². The van der Waals surface area contributed by atoms with Gasteiger partial charge in [-0.2, -0.15) is 13.2 Å². The lowest BCUT2D eigenvalue weighted by Gasteiger charge is -2.15. The fourth-order valence-electron chi connectivity index (χ4n) is 1.23. The Kier molecular flexibility index (Phi) is 3.32. The summed E-state index contributed by atoms with van der Waals surface area (Å²) in [5.41, 5.74) is 6.46. The van der Waals surface area contributed by atoms with Crippen LogP contribution in [0.25, 0.3) is 0 Å². The predicted octanol–water partition coefficient (Wildman–Crippen LogP) is 2.08. The number of nitrogens with zero attached hydrogens (tertiary/aromatic N) is 1. The molecule has 16 heavy (non-hydrogen) atoms. The lowest BCUT2D eigenvalue weighted by molar-refractivity contribution is -0.140. The summed E-state index contributed by atoms with van der Waals surface area (Å²) in [5, 5.41) is 0. The molecule has 1 rings (SSSR count). The fraction of sp³-hybridized carbons (Fsp3) is 0.375. The number of halogens is 5. The number of rotatable bonds is 2. The van der Waals surface area contributed by atoms with E-state index in [0.29, 0.717) is 6.20 Å². The van der Waals surface area contributed by atoms with Gasteiger partial charge in [-0.25, -0.2) is 13.8 Å². The van der Waals surface area contributed by atoms with E-state index in [4.69, 9.17) is 11.5 Å². The zero-order chi connectivity index (χ0) is 12.5. The second-order valence-corrected chi connectivity index (χ2v) is 2.96. The van der Waals surface area contributed by atoms with Crippen LogP contribution >= 0.6 is 0 Å². The molecule has 0 aliphatic heterocycles. The lowest BCUT2D eigenvalue weighted by atomic mass is 10.1. The number of nitrogens with two attached hydrogens (primary N) is 2. The Morgan fingerprint density at radius 3 is 2.25 bits per heavy atom. The Morgan fingerprint density at radius 1 is 1.31 bits per heavy atom. The summed E-state index contributed by atoms with van der Waals surface area (Å²) in [6.45, 7) is -0.352. The molecular weight excluding hydrogens is 233 g/mol. The average Bonchev–Trinajstić information content (AvgIpc) is 2.14. The highest BCUT2D eigenvalue weighted by Gasteiger charge is 2.37. The average molecular weight is 241 g/mol. The largest absolute Gasteiger partial charge is 0.435 e. The number of hydrogen-bond acceptors (Lipinski definition) is 3. The van der Waals surface area contributed by atoms with Gasteiger partial charge >= 0.3 is 6.18 Å². The molecule has 0 spiro atoms. The van der Waals surface area contributed by atoms with Gasteiger partial charge in [0.25, 0.3) is 6.43 Å². The van der Waals surface area contributed by atoms with Crippen molar-refractivity contribution in [1.82, 2.24) is 4.98 Å². The highest BCUT2D eigenvalue weighted by Crippen LogP contribution is 2.37. The molecule has 4 N–H and O–H groups in total. The number of nitrogen functional groups attached to an aromatic ring is 1. The Hall–Kier alpha value is -1.44. The minimum Gasteiger partial charge on any atom is -0.397 e. The van der Waals surface area contributed by atoms with Crippen LogP contribution in [0.1, 0.15) is 23.2 Å². The quantitative estimate of drug-likeness (QED) is 0.779. The van der Waals surface area contributed by atoms with Crippen molar-refractivity contribution in [3.05, 3.63) is 23.0 Å². The summed E-state index contributed by atoms with van der Waals surface area (Å²) in [7, 11) is 0. The summed E-state index contributed by atoms with van der Waals surface area (Å²) in [6, 6.07) is 0. The third kappa shape index (κ3) is 2.21. The standard InChI is InChI=1S/C8H8F5N3/c9-7(10)4-3(1-14)2-16-6(5(4)15)8(11,12)13/h2,7H,1,14-15H2. The Labute approximate surface area is 87.3 Å². The number of pyridine rings is 1. The molecule has 0 amide bonds. The van der Waals surface area contributed by atoms with Gasteiger partial charge in [-0.3, -0.25) is 0 Å². The molecule has 0 aliphatic carbocycles. The van der Waals surface area contributed by atoms with E-state index >= 15 is 0 Å². The van der Waals surface area contributed by atoms with Crippen LogP contribution < -0.4 is 11.5 Å². The minimum atomic E-state index is -4.86. The van der Waals surface area contributed by atoms with Crippen molar-refractivity contribution < 1.29 is 22.0 Å². The summed E-state index contributed by atoms with van der Waals surface area (Å²) >= 11 is 0. The van der Waals surface area contributed by atoms with E-state index in [1.165, 1.54) is 0 Å². The maximum Gasteiger partial charge on any atom is 0.435 e. The van der Waals surface area contributed by atoms with Crippen molar-refractivity contribution in [2.45, 2.75) is 19.1 Å². The SMILES string of the molecule is NCc1cnc(C(F)(F)F)c(N)c1C(F)F. The third-order valence-corrected chi connectivity index (χ3v) is 1.95. The number of alkyl halides is 5. The van der Waals surface area contributed by atoms with Crippen LogP contribution in [-0.4, -0.2) is 4.98 Å². The summed E-state index contributed by atoms with van der Waals surface area (Å²) < 4.78 is 62.0. The van der Waals surface area contributed by atoms with Gasteiger partial charge < -0.3 is 11.5 Å². The molecule has 0 saturated heterocycles. The molecule has 0 saturated carbocycles. The van der Waals surface area contributed by atoms with Crippen LogP contribution in [0.3, 0.4) is 0 Å². The normalized spacial score (nSPS) is 12.2. The van der Waals surface area contributed by atoms with Crippen LogP contribution in [-0.2, 0) is 12.7 Å². The number of hydrogen-bond donors (Lipinski definition) is 2. The molecular formula is C8H8F5N3. The second kappa shape index (κ2) is 4.20. The zero-order valence-corrected chi connectivity index (χ0v) is 7.85. The molecule has 0 aliphatic rings. The van der Waals surface area contributed by atoms with E-state index in [1.54, 1.807) is 0 Å². The smallest absolute Gasteiger partial charge is 0.397 e. The Bertz CT molecular complexity index is 388. The summed E-state index contributed by atoms with van der Waals surface area (Å²) in [6.07, 6.45) is -7.32. The van der Waals surface area contributed by atoms with E-state index in [-0.39, 0.29) is 12.1 Å². The second-order valence-electron chi connectivity index (χ2n) is 2.96. The molecule has 0 radical (unpaired) electrons. The fourth-order valence-corrected chi connectivity index (χ4v) is 1.23. The molecule has 1 aromatic rings. The lowest BCUT2D eigenvalue weighted by Crippen LogP contribution is -2.16. The van der Waals surface area contributed by atoms with Gasteiger partial charge in [0.1, 0.15) is 0 Å². The minimum absolute atomic E-state index is 0.194. The Morgan fingerprint density at radius 2 is 1.88 bits per heavy atom. The topological polar surface area (TPSA) is 64.9 Å². The monoisotopic (exact) mass is 241 g/mol. The van der Waals surface area contributed by atoms with Gasteiger partial charge in [0.05, 0.1) is 5.69 Å². The van der Waals surface area contributed by atoms with E-state index in [9.17, 15) is 22.0 Å². The molecule has 0 bridgehead atoms. The van der Waals surface area contributed by atoms with Crippen LogP contribution in [0, 0.1) is 0 Å². The van der Waals surface area contributed by atoms with Crippen molar-refractivity contribution in [2.24, 2.45) is 5.73 Å². The molecule has 1 aromatic heterocycles. The molecule has 3 nitrogen and oxygen atoms in total. The predicted molar refractivity (Wildman–Crippen MR) is 46.5 cm³/mol. The van der Waals surface area contributed by atoms with E-state index in [0.717, 1.165) is 0 Å². The van der Waals surface area contributed by atoms with Crippen LogP contribution in [0.2, 0.25) is 0 Å². The van der Waals surface area contributed by atoms with Gasteiger partial charge in [0, 0.05) is 18.3 Å². The molecule has 8 heteroatoms. The van der Waals surface area contributed by atoms with E-state index < -0.39 is 29.5 Å². The molecule has 0 unspecified atom stereocenters. The van der Waals surface area contributed by atoms with Crippen LogP contribution in [0.5, 0.6) is 0 Å².